The van der Waals surface area contributed by atoms with Gasteiger partial charge in [-0.25, -0.2) is 4.98 Å². The molecule has 0 spiro atoms. The van der Waals surface area contributed by atoms with Gasteiger partial charge in [0.15, 0.2) is 0 Å². The smallest absolute Gasteiger partial charge is 0.143 e. The summed E-state index contributed by atoms with van der Waals surface area (Å²) < 4.78 is 0.785. The fourth-order valence-electron chi connectivity index (χ4n) is 2.11. The van der Waals surface area contributed by atoms with Crippen LogP contribution in [0.5, 0.6) is 0 Å². The molecule has 0 aliphatic rings. The Kier molecular flexibility index (Phi) is 4.08. The van der Waals surface area contributed by atoms with Crippen molar-refractivity contribution < 1.29 is 0 Å². The van der Waals surface area contributed by atoms with Crippen LogP contribution in [0.3, 0.4) is 0 Å². The molecule has 0 bridgehead atoms. The minimum Gasteiger partial charge on any atom is -0.380 e. The highest BCUT2D eigenvalue weighted by molar-refractivity contribution is 9.10. The molecule has 3 nitrogen and oxygen atoms in total. The molecular formula is C16H13BrClN3. The second-order valence-electron chi connectivity index (χ2n) is 4.83. The van der Waals surface area contributed by atoms with E-state index in [0.29, 0.717) is 5.15 Å². The molecule has 0 aliphatic carbocycles. The number of halogens is 2. The summed E-state index contributed by atoms with van der Waals surface area (Å²) in [6, 6.07) is 12.3. The third kappa shape index (κ3) is 3.34. The Labute approximate surface area is 136 Å². The highest BCUT2D eigenvalue weighted by atomic mass is 79.9. The molecule has 0 aliphatic heterocycles. The summed E-state index contributed by atoms with van der Waals surface area (Å²) in [4.78, 5) is 8.60. The molecule has 0 saturated heterocycles. The first-order chi connectivity index (χ1) is 10.1. The molecule has 0 saturated carbocycles. The molecule has 3 rings (SSSR count). The largest absolute Gasteiger partial charge is 0.380 e. The number of aryl methyl sites for hydroxylation is 1. The Balaban J connectivity index is 1.78. The number of hydrogen-bond acceptors (Lipinski definition) is 3. The molecule has 106 valence electrons. The van der Waals surface area contributed by atoms with Crippen LogP contribution in [0.25, 0.3) is 10.9 Å². The van der Waals surface area contributed by atoms with E-state index in [1.165, 1.54) is 5.56 Å². The van der Waals surface area contributed by atoms with Gasteiger partial charge in [0, 0.05) is 17.6 Å². The number of hydrogen-bond donors (Lipinski definition) is 1. The summed E-state index contributed by atoms with van der Waals surface area (Å²) in [5.74, 6) is 0. The average Bonchev–Trinajstić information content (AvgIpc) is 2.48. The van der Waals surface area contributed by atoms with Crippen LogP contribution < -0.4 is 5.32 Å². The van der Waals surface area contributed by atoms with Crippen molar-refractivity contribution in [1.29, 1.82) is 0 Å². The number of aromatic nitrogens is 2. The van der Waals surface area contributed by atoms with E-state index in [1.54, 1.807) is 6.20 Å². The van der Waals surface area contributed by atoms with Crippen molar-refractivity contribution >= 4 is 44.1 Å². The minimum absolute atomic E-state index is 0.465. The Bertz CT molecular complexity index is 805. The average molecular weight is 363 g/mol. The fourth-order valence-corrected chi connectivity index (χ4v) is 2.56. The predicted octanol–water partition coefficient (Wildman–Crippen LogP) is 4.97. The van der Waals surface area contributed by atoms with Crippen molar-refractivity contribution in [1.82, 2.24) is 9.97 Å². The summed E-state index contributed by atoms with van der Waals surface area (Å²) in [6.45, 7) is 2.72. The van der Waals surface area contributed by atoms with Gasteiger partial charge < -0.3 is 5.32 Å². The number of fused-ring (bicyclic) bond motifs is 1. The number of anilines is 1. The lowest BCUT2D eigenvalue weighted by atomic mass is 10.1. The Morgan fingerprint density at radius 3 is 2.86 bits per heavy atom. The predicted molar refractivity (Wildman–Crippen MR) is 90.8 cm³/mol. The van der Waals surface area contributed by atoms with Gasteiger partial charge in [0.25, 0.3) is 0 Å². The van der Waals surface area contributed by atoms with Crippen molar-refractivity contribution in [2.24, 2.45) is 0 Å². The van der Waals surface area contributed by atoms with Gasteiger partial charge in [0.05, 0.1) is 21.9 Å². The Hall–Kier alpha value is -1.65. The summed E-state index contributed by atoms with van der Waals surface area (Å²) in [5.41, 5.74) is 4.17. The van der Waals surface area contributed by atoms with Crippen molar-refractivity contribution in [3.63, 3.8) is 0 Å². The molecule has 2 aromatic heterocycles. The van der Waals surface area contributed by atoms with E-state index in [0.717, 1.165) is 33.3 Å². The third-order valence-electron chi connectivity index (χ3n) is 3.19. The first kappa shape index (κ1) is 14.3. The van der Waals surface area contributed by atoms with E-state index < -0.39 is 0 Å². The van der Waals surface area contributed by atoms with Crippen LogP contribution in [0.2, 0.25) is 5.15 Å². The lowest BCUT2D eigenvalue weighted by molar-refractivity contribution is 1.14. The normalized spacial score (nSPS) is 10.8. The molecule has 0 amide bonds. The Morgan fingerprint density at radius 2 is 2.05 bits per heavy atom. The maximum atomic E-state index is 5.88. The van der Waals surface area contributed by atoms with Crippen LogP contribution in [-0.4, -0.2) is 9.97 Å². The molecule has 0 fully saturated rings. The second-order valence-corrected chi connectivity index (χ2v) is 6.04. The van der Waals surface area contributed by atoms with Gasteiger partial charge in [-0.1, -0.05) is 23.7 Å². The molecule has 0 radical (unpaired) electrons. The number of nitrogens with zero attached hydrogens (tertiary/aromatic N) is 2. The van der Waals surface area contributed by atoms with Gasteiger partial charge in [0.2, 0.25) is 0 Å². The van der Waals surface area contributed by atoms with Crippen LogP contribution in [0.4, 0.5) is 5.69 Å². The van der Waals surface area contributed by atoms with Crippen LogP contribution in [-0.2, 0) is 6.54 Å². The monoisotopic (exact) mass is 361 g/mol. The van der Waals surface area contributed by atoms with Gasteiger partial charge in [0.1, 0.15) is 5.15 Å². The third-order valence-corrected chi connectivity index (χ3v) is 4.32. The topological polar surface area (TPSA) is 37.8 Å². The molecule has 5 heteroatoms. The molecular weight excluding hydrogens is 350 g/mol. The van der Waals surface area contributed by atoms with E-state index >= 15 is 0 Å². The summed E-state index contributed by atoms with van der Waals surface area (Å²) >= 11 is 9.25. The van der Waals surface area contributed by atoms with Gasteiger partial charge in [-0.15, -0.1) is 0 Å². The van der Waals surface area contributed by atoms with Gasteiger partial charge >= 0.3 is 0 Å². The van der Waals surface area contributed by atoms with E-state index in [4.69, 9.17) is 11.6 Å². The van der Waals surface area contributed by atoms with E-state index in [1.807, 2.05) is 19.1 Å². The molecule has 1 aromatic carbocycles. The van der Waals surface area contributed by atoms with Gasteiger partial charge in [-0.05, 0) is 52.7 Å². The first-order valence-corrected chi connectivity index (χ1v) is 7.70. The highest BCUT2D eigenvalue weighted by Gasteiger charge is 2.02. The molecule has 0 unspecified atom stereocenters. The molecule has 2 heterocycles. The van der Waals surface area contributed by atoms with Crippen LogP contribution in [0, 0.1) is 6.92 Å². The summed E-state index contributed by atoms with van der Waals surface area (Å²) in [7, 11) is 0. The number of nitrogens with one attached hydrogen (secondary N) is 1. The van der Waals surface area contributed by atoms with Crippen molar-refractivity contribution in [2.75, 3.05) is 5.32 Å². The molecule has 0 atom stereocenters. The molecule has 21 heavy (non-hydrogen) atoms. The zero-order valence-electron chi connectivity index (χ0n) is 11.4. The SMILES string of the molecule is Cc1ccc2cc(CNc3cnc(Cl)c(Br)c3)ccc2n1. The van der Waals surface area contributed by atoms with Crippen LogP contribution in [0.1, 0.15) is 11.3 Å². The zero-order valence-corrected chi connectivity index (χ0v) is 13.7. The second kappa shape index (κ2) is 6.00. The lowest BCUT2D eigenvalue weighted by Gasteiger charge is -2.08. The minimum atomic E-state index is 0.465. The zero-order chi connectivity index (χ0) is 14.8. The molecule has 1 N–H and O–H groups in total. The van der Waals surface area contributed by atoms with Crippen molar-refractivity contribution in [3.05, 3.63) is 63.5 Å². The Morgan fingerprint density at radius 1 is 1.19 bits per heavy atom. The first-order valence-electron chi connectivity index (χ1n) is 6.53. The highest BCUT2D eigenvalue weighted by Crippen LogP contribution is 2.23. The van der Waals surface area contributed by atoms with Crippen molar-refractivity contribution in [3.8, 4) is 0 Å². The maximum absolute atomic E-state index is 5.88. The number of rotatable bonds is 3. The van der Waals surface area contributed by atoms with E-state index in [2.05, 4.69) is 55.5 Å². The quantitative estimate of drug-likeness (QED) is 0.669. The van der Waals surface area contributed by atoms with E-state index in [-0.39, 0.29) is 0 Å². The van der Waals surface area contributed by atoms with Gasteiger partial charge in [-0.3, -0.25) is 4.98 Å². The van der Waals surface area contributed by atoms with E-state index in [9.17, 15) is 0 Å². The number of pyridine rings is 2. The molecule has 3 aromatic rings. The summed E-state index contributed by atoms with van der Waals surface area (Å²) in [6.07, 6.45) is 1.72. The van der Waals surface area contributed by atoms with Gasteiger partial charge in [-0.2, -0.15) is 0 Å². The van der Waals surface area contributed by atoms with Crippen molar-refractivity contribution in [2.45, 2.75) is 13.5 Å². The lowest BCUT2D eigenvalue weighted by Crippen LogP contribution is -2.00. The maximum Gasteiger partial charge on any atom is 0.143 e. The number of benzene rings is 1. The van der Waals surface area contributed by atoms with Crippen LogP contribution >= 0.6 is 27.5 Å². The fraction of sp³-hybridized carbons (Fsp3) is 0.125. The summed E-state index contributed by atoms with van der Waals surface area (Å²) in [5, 5.41) is 4.95. The van der Waals surface area contributed by atoms with Crippen LogP contribution in [0.15, 0.2) is 47.1 Å². The standard InChI is InChI=1S/C16H13BrClN3/c1-10-2-4-12-6-11(3-5-15(12)21-10)8-19-13-7-14(17)16(18)20-9-13/h2-7,9,19H,8H2,1H3.